The zero-order chi connectivity index (χ0) is 12.4. The summed E-state index contributed by atoms with van der Waals surface area (Å²) in [4.78, 5) is 18.5. The number of aromatic nitrogens is 1. The van der Waals surface area contributed by atoms with Gasteiger partial charge >= 0.3 is 0 Å². The summed E-state index contributed by atoms with van der Waals surface area (Å²) in [6, 6.07) is 3.94. The highest BCUT2D eigenvalue weighted by Gasteiger charge is 2.28. The maximum Gasteiger partial charge on any atom is 0.256 e. The van der Waals surface area contributed by atoms with Crippen molar-refractivity contribution in [1.29, 1.82) is 0 Å². The summed E-state index contributed by atoms with van der Waals surface area (Å²) >= 11 is 3.34. The Morgan fingerprint density at radius 2 is 2.29 bits per heavy atom. The van der Waals surface area contributed by atoms with Gasteiger partial charge < -0.3 is 4.90 Å². The average Bonchev–Trinajstić information content (AvgIpc) is 2.29. The van der Waals surface area contributed by atoms with Crippen molar-refractivity contribution < 1.29 is 4.79 Å². The van der Waals surface area contributed by atoms with E-state index in [2.05, 4.69) is 34.8 Å². The number of halogens is 1. The van der Waals surface area contributed by atoms with Gasteiger partial charge in [0, 0.05) is 18.8 Å². The van der Waals surface area contributed by atoms with Crippen LogP contribution in [0.2, 0.25) is 0 Å². The molecule has 1 amide bonds. The van der Waals surface area contributed by atoms with Gasteiger partial charge in [-0.25, -0.2) is 4.98 Å². The van der Waals surface area contributed by atoms with Crippen LogP contribution in [-0.2, 0) is 0 Å². The van der Waals surface area contributed by atoms with Crippen LogP contribution in [0.15, 0.2) is 22.9 Å². The molecule has 0 bridgehead atoms. The summed E-state index contributed by atoms with van der Waals surface area (Å²) < 4.78 is 0.635. The molecule has 4 heteroatoms. The number of likely N-dealkylation sites (tertiary alicyclic amines) is 1. The van der Waals surface area contributed by atoms with Crippen LogP contribution in [0.4, 0.5) is 0 Å². The van der Waals surface area contributed by atoms with Crippen LogP contribution in [0, 0.1) is 5.92 Å². The van der Waals surface area contributed by atoms with Gasteiger partial charge in [0.05, 0.1) is 5.56 Å². The molecule has 3 nitrogen and oxygen atoms in total. The third-order valence-electron chi connectivity index (χ3n) is 3.39. The molecule has 92 valence electrons. The number of hydrogen-bond acceptors (Lipinski definition) is 2. The molecule has 2 unspecified atom stereocenters. The number of amides is 1. The zero-order valence-electron chi connectivity index (χ0n) is 10.2. The number of carbonyl (C=O) groups excluding carboxylic acids is 1. The minimum Gasteiger partial charge on any atom is -0.336 e. The fraction of sp³-hybridized carbons (Fsp3) is 0.538. The number of nitrogens with zero attached hydrogens (tertiary/aromatic N) is 2. The van der Waals surface area contributed by atoms with Crippen molar-refractivity contribution in [3.63, 3.8) is 0 Å². The average molecular weight is 297 g/mol. The highest BCUT2D eigenvalue weighted by molar-refractivity contribution is 9.10. The van der Waals surface area contributed by atoms with Crippen molar-refractivity contribution in [3.8, 4) is 0 Å². The first-order valence-electron chi connectivity index (χ1n) is 6.01. The van der Waals surface area contributed by atoms with Crippen molar-refractivity contribution >= 4 is 21.8 Å². The van der Waals surface area contributed by atoms with Gasteiger partial charge in [-0.15, -0.1) is 0 Å². The molecule has 0 aromatic carbocycles. The Bertz CT molecular complexity index is 422. The molecule has 0 N–H and O–H groups in total. The SMILES string of the molecule is CC1CCN(C(=O)c2cccnc2Br)C(C)C1. The number of rotatable bonds is 1. The first-order valence-corrected chi connectivity index (χ1v) is 6.80. The summed E-state index contributed by atoms with van der Waals surface area (Å²) in [7, 11) is 0. The van der Waals surface area contributed by atoms with E-state index < -0.39 is 0 Å². The standard InChI is InChI=1S/C13H17BrN2O/c1-9-5-7-16(10(2)8-9)13(17)11-4-3-6-15-12(11)14/h3-4,6,9-10H,5,7-8H2,1-2H3. The van der Waals surface area contributed by atoms with E-state index in [0.717, 1.165) is 19.4 Å². The van der Waals surface area contributed by atoms with Crippen LogP contribution < -0.4 is 0 Å². The van der Waals surface area contributed by atoms with E-state index in [0.29, 0.717) is 22.1 Å². The molecule has 1 aliphatic heterocycles. The third-order valence-corrected chi connectivity index (χ3v) is 4.02. The van der Waals surface area contributed by atoms with E-state index in [1.54, 1.807) is 12.3 Å². The molecule has 1 aliphatic rings. The Balaban J connectivity index is 2.18. The second-order valence-electron chi connectivity index (χ2n) is 4.82. The van der Waals surface area contributed by atoms with Gasteiger partial charge in [0.15, 0.2) is 0 Å². The van der Waals surface area contributed by atoms with E-state index >= 15 is 0 Å². The quantitative estimate of drug-likeness (QED) is 0.746. The predicted molar refractivity (Wildman–Crippen MR) is 70.8 cm³/mol. The van der Waals surface area contributed by atoms with E-state index in [9.17, 15) is 4.79 Å². The molecule has 1 aromatic rings. The lowest BCUT2D eigenvalue weighted by molar-refractivity contribution is 0.0587. The largest absolute Gasteiger partial charge is 0.336 e. The Hall–Kier alpha value is -0.900. The molecule has 1 saturated heterocycles. The Kier molecular flexibility index (Phi) is 3.82. The highest BCUT2D eigenvalue weighted by atomic mass is 79.9. The molecule has 2 heterocycles. The van der Waals surface area contributed by atoms with Gasteiger partial charge in [-0.3, -0.25) is 4.79 Å². The van der Waals surface area contributed by atoms with Crippen LogP contribution in [0.1, 0.15) is 37.0 Å². The maximum atomic E-state index is 12.4. The number of hydrogen-bond donors (Lipinski definition) is 0. The second kappa shape index (κ2) is 5.17. The molecule has 1 fully saturated rings. The molecule has 0 saturated carbocycles. The first-order chi connectivity index (χ1) is 8.09. The fourth-order valence-electron chi connectivity index (χ4n) is 2.41. The normalized spacial score (nSPS) is 24.8. The monoisotopic (exact) mass is 296 g/mol. The van der Waals surface area contributed by atoms with Gasteiger partial charge in [-0.05, 0) is 53.7 Å². The summed E-state index contributed by atoms with van der Waals surface area (Å²) in [5.41, 5.74) is 0.661. The van der Waals surface area contributed by atoms with E-state index in [-0.39, 0.29) is 5.91 Å². The lowest BCUT2D eigenvalue weighted by Crippen LogP contribution is -2.44. The summed E-state index contributed by atoms with van der Waals surface area (Å²) in [5.74, 6) is 0.802. The summed E-state index contributed by atoms with van der Waals surface area (Å²) in [6.45, 7) is 5.22. The summed E-state index contributed by atoms with van der Waals surface area (Å²) in [5, 5.41) is 0. The number of carbonyl (C=O) groups is 1. The van der Waals surface area contributed by atoms with Crippen molar-refractivity contribution in [2.45, 2.75) is 32.7 Å². The summed E-state index contributed by atoms with van der Waals surface area (Å²) in [6.07, 6.45) is 3.86. The van der Waals surface area contributed by atoms with Crippen molar-refractivity contribution in [3.05, 3.63) is 28.5 Å². The molecular weight excluding hydrogens is 280 g/mol. The van der Waals surface area contributed by atoms with Crippen molar-refractivity contribution in [2.75, 3.05) is 6.54 Å². The fourth-order valence-corrected chi connectivity index (χ4v) is 2.83. The van der Waals surface area contributed by atoms with Crippen LogP contribution in [0.25, 0.3) is 0 Å². The van der Waals surface area contributed by atoms with Crippen molar-refractivity contribution in [1.82, 2.24) is 9.88 Å². The minimum absolute atomic E-state index is 0.0874. The predicted octanol–water partition coefficient (Wildman–Crippen LogP) is 3.10. The second-order valence-corrected chi connectivity index (χ2v) is 5.57. The molecule has 0 radical (unpaired) electrons. The molecule has 0 aliphatic carbocycles. The van der Waals surface area contributed by atoms with Gasteiger partial charge in [-0.2, -0.15) is 0 Å². The molecule has 2 atom stereocenters. The van der Waals surface area contributed by atoms with E-state index in [4.69, 9.17) is 0 Å². The number of piperidine rings is 1. The molecule has 0 spiro atoms. The van der Waals surface area contributed by atoms with Crippen LogP contribution in [-0.4, -0.2) is 28.4 Å². The van der Waals surface area contributed by atoms with Gasteiger partial charge in [0.2, 0.25) is 0 Å². The highest BCUT2D eigenvalue weighted by Crippen LogP contribution is 2.25. The molecule has 2 rings (SSSR count). The van der Waals surface area contributed by atoms with Crippen LogP contribution in [0.5, 0.6) is 0 Å². The van der Waals surface area contributed by atoms with Crippen molar-refractivity contribution in [2.24, 2.45) is 5.92 Å². The molecular formula is C13H17BrN2O. The topological polar surface area (TPSA) is 33.2 Å². The number of pyridine rings is 1. The zero-order valence-corrected chi connectivity index (χ0v) is 11.8. The third kappa shape index (κ3) is 2.68. The van der Waals surface area contributed by atoms with Gasteiger partial charge in [-0.1, -0.05) is 6.92 Å². The minimum atomic E-state index is 0.0874. The molecule has 17 heavy (non-hydrogen) atoms. The lowest BCUT2D eigenvalue weighted by atomic mass is 9.93. The van der Waals surface area contributed by atoms with Crippen LogP contribution in [0.3, 0.4) is 0 Å². The lowest BCUT2D eigenvalue weighted by Gasteiger charge is -2.36. The smallest absolute Gasteiger partial charge is 0.256 e. The van der Waals surface area contributed by atoms with Gasteiger partial charge in [0.25, 0.3) is 5.91 Å². The van der Waals surface area contributed by atoms with Crippen LogP contribution >= 0.6 is 15.9 Å². The maximum absolute atomic E-state index is 12.4. The Morgan fingerprint density at radius 1 is 1.53 bits per heavy atom. The van der Waals surface area contributed by atoms with E-state index in [1.807, 2.05) is 11.0 Å². The van der Waals surface area contributed by atoms with E-state index in [1.165, 1.54) is 0 Å². The Morgan fingerprint density at radius 3 is 2.94 bits per heavy atom. The Labute approximate surface area is 110 Å². The molecule has 1 aromatic heterocycles. The first kappa shape index (κ1) is 12.6. The van der Waals surface area contributed by atoms with Gasteiger partial charge in [0.1, 0.15) is 4.60 Å².